The summed E-state index contributed by atoms with van der Waals surface area (Å²) in [4.78, 5) is 17.8. The Kier molecular flexibility index (Phi) is 6.43. The molecule has 1 fully saturated rings. The number of para-hydroxylation sites is 2. The van der Waals surface area contributed by atoms with E-state index in [2.05, 4.69) is 33.5 Å². The number of benzene rings is 1. The largest absolute Gasteiger partial charge is 0.376 e. The lowest BCUT2D eigenvalue weighted by Crippen LogP contribution is -2.23. The van der Waals surface area contributed by atoms with E-state index >= 15 is 0 Å². The van der Waals surface area contributed by atoms with Gasteiger partial charge in [0.25, 0.3) is 0 Å². The maximum Gasteiger partial charge on any atom is 0.235 e. The average Bonchev–Trinajstić information content (AvgIpc) is 3.54. The van der Waals surface area contributed by atoms with Crippen molar-refractivity contribution >= 4 is 34.5 Å². The Labute approximate surface area is 198 Å². The first-order valence-electron chi connectivity index (χ1n) is 11.8. The standard InChI is InChI=1S/C25H29N5O2S/c1-2-29-22-12-6-4-10-20(22)27-25(29)33-16-23(31)28-24-19(14-26)18-9-3-5-11-21(18)30(24)15-17-8-7-13-32-17/h4,6,10,12,17H,2-3,5,7-9,11,13,15-16H2,1H3,(H,28,31). The molecule has 1 N–H and O–H groups in total. The summed E-state index contributed by atoms with van der Waals surface area (Å²) in [5.74, 6) is 0.772. The third-order valence-corrected chi connectivity index (χ3v) is 7.60. The molecule has 2 aliphatic rings. The van der Waals surface area contributed by atoms with E-state index in [-0.39, 0.29) is 17.8 Å². The number of anilines is 1. The topological polar surface area (TPSA) is 84.9 Å². The number of hydrogen-bond acceptors (Lipinski definition) is 5. The van der Waals surface area contributed by atoms with Gasteiger partial charge < -0.3 is 19.2 Å². The number of nitrogens with zero attached hydrogens (tertiary/aromatic N) is 4. The molecule has 1 aromatic carbocycles. The second kappa shape index (κ2) is 9.62. The van der Waals surface area contributed by atoms with E-state index < -0.39 is 0 Å². The van der Waals surface area contributed by atoms with Crippen molar-refractivity contribution in [2.75, 3.05) is 17.7 Å². The lowest BCUT2D eigenvalue weighted by molar-refractivity contribution is -0.113. The Morgan fingerprint density at radius 3 is 2.91 bits per heavy atom. The third-order valence-electron chi connectivity index (χ3n) is 6.62. The van der Waals surface area contributed by atoms with E-state index in [1.54, 1.807) is 0 Å². The number of carbonyl (C=O) groups excluding carboxylic acids is 1. The average molecular weight is 464 g/mol. The van der Waals surface area contributed by atoms with Gasteiger partial charge >= 0.3 is 0 Å². The fourth-order valence-electron chi connectivity index (χ4n) is 5.08. The van der Waals surface area contributed by atoms with Crippen molar-refractivity contribution in [1.82, 2.24) is 14.1 Å². The summed E-state index contributed by atoms with van der Waals surface area (Å²) in [5.41, 5.74) is 4.95. The molecule has 3 heterocycles. The first-order valence-corrected chi connectivity index (χ1v) is 12.8. The van der Waals surface area contributed by atoms with Crippen molar-refractivity contribution in [3.63, 3.8) is 0 Å². The summed E-state index contributed by atoms with van der Waals surface area (Å²) in [5, 5.41) is 13.9. The van der Waals surface area contributed by atoms with Gasteiger partial charge in [-0.1, -0.05) is 23.9 Å². The number of ether oxygens (including phenoxy) is 1. The number of aromatic nitrogens is 3. The second-order valence-corrected chi connectivity index (χ2v) is 9.62. The second-order valence-electron chi connectivity index (χ2n) is 8.68. The summed E-state index contributed by atoms with van der Waals surface area (Å²) in [7, 11) is 0. The van der Waals surface area contributed by atoms with Gasteiger partial charge in [-0.25, -0.2) is 4.98 Å². The minimum Gasteiger partial charge on any atom is -0.376 e. The predicted octanol–water partition coefficient (Wildman–Crippen LogP) is 4.52. The number of amides is 1. The van der Waals surface area contributed by atoms with Gasteiger partial charge in [0.15, 0.2) is 5.16 Å². The Hall–Kier alpha value is -2.76. The van der Waals surface area contributed by atoms with Crippen LogP contribution in [0.5, 0.6) is 0 Å². The van der Waals surface area contributed by atoms with Crippen molar-refractivity contribution in [2.24, 2.45) is 0 Å². The van der Waals surface area contributed by atoms with Crippen molar-refractivity contribution in [2.45, 2.75) is 69.8 Å². The Morgan fingerprint density at radius 1 is 1.27 bits per heavy atom. The molecule has 2 aromatic heterocycles. The molecule has 33 heavy (non-hydrogen) atoms. The van der Waals surface area contributed by atoms with Crippen LogP contribution in [0.3, 0.4) is 0 Å². The highest BCUT2D eigenvalue weighted by Crippen LogP contribution is 2.34. The van der Waals surface area contributed by atoms with E-state index in [1.165, 1.54) is 17.5 Å². The molecule has 5 rings (SSSR count). The van der Waals surface area contributed by atoms with Gasteiger partial charge in [0.2, 0.25) is 5.91 Å². The van der Waals surface area contributed by atoms with Crippen molar-refractivity contribution in [3.05, 3.63) is 41.1 Å². The highest BCUT2D eigenvalue weighted by Gasteiger charge is 2.28. The van der Waals surface area contributed by atoms with Crippen LogP contribution in [0.15, 0.2) is 29.4 Å². The molecule has 1 unspecified atom stereocenters. The van der Waals surface area contributed by atoms with Gasteiger partial charge in [-0.15, -0.1) is 0 Å². The molecule has 1 atom stereocenters. The van der Waals surface area contributed by atoms with Crippen molar-refractivity contribution < 1.29 is 9.53 Å². The fraction of sp³-hybridized carbons (Fsp3) is 0.480. The van der Waals surface area contributed by atoms with Crippen molar-refractivity contribution in [1.29, 1.82) is 5.26 Å². The minimum absolute atomic E-state index is 0.116. The molecule has 8 heteroatoms. The van der Waals surface area contributed by atoms with E-state index in [1.807, 2.05) is 18.2 Å². The third kappa shape index (κ3) is 4.28. The molecule has 0 saturated carbocycles. The van der Waals surface area contributed by atoms with Crippen LogP contribution < -0.4 is 5.32 Å². The lowest BCUT2D eigenvalue weighted by Gasteiger charge is -2.19. The zero-order valence-electron chi connectivity index (χ0n) is 19.0. The van der Waals surface area contributed by atoms with Gasteiger partial charge in [0, 0.05) is 18.8 Å². The van der Waals surface area contributed by atoms with E-state index in [4.69, 9.17) is 9.72 Å². The molecule has 3 aromatic rings. The molecule has 1 saturated heterocycles. The van der Waals surface area contributed by atoms with Crippen LogP contribution in [0, 0.1) is 11.3 Å². The fourth-order valence-corrected chi connectivity index (χ4v) is 5.96. The van der Waals surface area contributed by atoms with Crippen LogP contribution in [-0.4, -0.2) is 38.5 Å². The van der Waals surface area contributed by atoms with Crippen LogP contribution in [-0.2, 0) is 35.5 Å². The van der Waals surface area contributed by atoms with Gasteiger partial charge in [0.05, 0.1) is 35.0 Å². The summed E-state index contributed by atoms with van der Waals surface area (Å²) < 4.78 is 10.2. The Morgan fingerprint density at radius 2 is 2.12 bits per heavy atom. The normalized spacial score (nSPS) is 17.8. The van der Waals surface area contributed by atoms with Gasteiger partial charge in [-0.3, -0.25) is 4.79 Å². The first-order chi connectivity index (χ1) is 16.2. The number of fused-ring (bicyclic) bond motifs is 2. The minimum atomic E-state index is -0.116. The number of rotatable bonds is 7. The molecule has 0 radical (unpaired) electrons. The summed E-state index contributed by atoms with van der Waals surface area (Å²) in [6.45, 7) is 4.36. The zero-order valence-corrected chi connectivity index (χ0v) is 19.8. The summed E-state index contributed by atoms with van der Waals surface area (Å²) in [6.07, 6.45) is 6.27. The number of imidazole rings is 1. The lowest BCUT2D eigenvalue weighted by atomic mass is 9.95. The number of hydrogen-bond donors (Lipinski definition) is 1. The summed E-state index contributed by atoms with van der Waals surface area (Å²) in [6, 6.07) is 10.4. The molecule has 7 nitrogen and oxygen atoms in total. The number of thioether (sulfide) groups is 1. The maximum atomic E-state index is 13.0. The summed E-state index contributed by atoms with van der Waals surface area (Å²) >= 11 is 1.43. The van der Waals surface area contributed by atoms with Crippen LogP contribution >= 0.6 is 11.8 Å². The molecular formula is C25H29N5O2S. The zero-order chi connectivity index (χ0) is 22.8. The van der Waals surface area contributed by atoms with Crippen LogP contribution in [0.2, 0.25) is 0 Å². The molecule has 1 aliphatic heterocycles. The Balaban J connectivity index is 1.38. The smallest absolute Gasteiger partial charge is 0.235 e. The van der Waals surface area contributed by atoms with Gasteiger partial charge in [-0.05, 0) is 63.1 Å². The first kappa shape index (κ1) is 22.1. The molecule has 0 bridgehead atoms. The Bertz CT molecular complexity index is 1220. The predicted molar refractivity (Wildman–Crippen MR) is 130 cm³/mol. The van der Waals surface area contributed by atoms with Crippen molar-refractivity contribution in [3.8, 4) is 6.07 Å². The molecular weight excluding hydrogens is 434 g/mol. The van der Waals surface area contributed by atoms with Crippen LogP contribution in [0.4, 0.5) is 5.82 Å². The SMILES string of the molecule is CCn1c(SCC(=O)Nc2c(C#N)c3c(n2CC2CCCO2)CCCC3)nc2ccccc21. The van der Waals surface area contributed by atoms with Gasteiger partial charge in [-0.2, -0.15) is 5.26 Å². The monoisotopic (exact) mass is 463 g/mol. The number of nitrogens with one attached hydrogen (secondary N) is 1. The van der Waals surface area contributed by atoms with E-state index in [0.717, 1.165) is 73.4 Å². The maximum absolute atomic E-state index is 13.0. The molecule has 172 valence electrons. The number of carbonyl (C=O) groups is 1. The highest BCUT2D eigenvalue weighted by atomic mass is 32.2. The quantitative estimate of drug-likeness (QED) is 0.521. The number of nitriles is 1. The molecule has 1 aliphatic carbocycles. The van der Waals surface area contributed by atoms with Crippen LogP contribution in [0.1, 0.15) is 49.4 Å². The van der Waals surface area contributed by atoms with E-state index in [9.17, 15) is 10.1 Å². The highest BCUT2D eigenvalue weighted by molar-refractivity contribution is 7.99. The molecule has 1 amide bonds. The molecule has 0 spiro atoms. The van der Waals surface area contributed by atoms with E-state index in [0.29, 0.717) is 17.9 Å². The number of aryl methyl sites for hydroxylation is 1. The van der Waals surface area contributed by atoms with Gasteiger partial charge in [0.1, 0.15) is 11.9 Å². The van der Waals surface area contributed by atoms with Crippen LogP contribution in [0.25, 0.3) is 11.0 Å².